The minimum absolute atomic E-state index is 0.0111. The van der Waals surface area contributed by atoms with Gasteiger partial charge in [0.2, 0.25) is 5.91 Å². The molecule has 1 aliphatic heterocycles. The van der Waals surface area contributed by atoms with E-state index in [0.29, 0.717) is 13.1 Å². The second-order valence-electron chi connectivity index (χ2n) is 9.24. The van der Waals surface area contributed by atoms with Gasteiger partial charge in [0, 0.05) is 31.5 Å². The van der Waals surface area contributed by atoms with Crippen LogP contribution in [0.15, 0.2) is 48.5 Å². The Kier molecular flexibility index (Phi) is 6.24. The third-order valence-corrected chi connectivity index (χ3v) is 6.88. The molecule has 2 aliphatic carbocycles. The van der Waals surface area contributed by atoms with E-state index in [4.69, 9.17) is 14.6 Å². The summed E-state index contributed by atoms with van der Waals surface area (Å²) in [6.45, 7) is 0.642. The van der Waals surface area contributed by atoms with Crippen LogP contribution < -0.4 is 5.32 Å². The van der Waals surface area contributed by atoms with E-state index in [1.54, 1.807) is 4.90 Å². The molecule has 2 N–H and O–H groups in total. The van der Waals surface area contributed by atoms with Crippen molar-refractivity contribution >= 4 is 18.0 Å². The second kappa shape index (κ2) is 9.46. The summed E-state index contributed by atoms with van der Waals surface area (Å²) in [5.41, 5.74) is 4.66. The van der Waals surface area contributed by atoms with Crippen LogP contribution in [-0.2, 0) is 19.1 Å². The van der Waals surface area contributed by atoms with Gasteiger partial charge in [-0.3, -0.25) is 4.79 Å². The zero-order valence-corrected chi connectivity index (χ0v) is 18.8. The van der Waals surface area contributed by atoms with Gasteiger partial charge in [-0.1, -0.05) is 48.5 Å². The largest absolute Gasteiger partial charge is 0.480 e. The molecule has 1 heterocycles. The van der Waals surface area contributed by atoms with Crippen LogP contribution in [0.2, 0.25) is 0 Å². The van der Waals surface area contributed by atoms with E-state index in [1.807, 2.05) is 24.3 Å². The van der Waals surface area contributed by atoms with Crippen molar-refractivity contribution in [2.24, 2.45) is 5.92 Å². The molecule has 5 rings (SSSR count). The third kappa shape index (κ3) is 4.77. The Labute approximate surface area is 197 Å². The monoisotopic (exact) mass is 464 g/mol. The zero-order valence-electron chi connectivity index (χ0n) is 18.8. The number of carboxylic acids is 1. The first-order valence-electron chi connectivity index (χ1n) is 11.7. The summed E-state index contributed by atoms with van der Waals surface area (Å²) < 4.78 is 10.8. The lowest BCUT2D eigenvalue weighted by Gasteiger charge is -2.39. The van der Waals surface area contributed by atoms with E-state index in [2.05, 4.69) is 29.6 Å². The predicted molar refractivity (Wildman–Crippen MR) is 123 cm³/mol. The van der Waals surface area contributed by atoms with E-state index >= 15 is 0 Å². The summed E-state index contributed by atoms with van der Waals surface area (Å²) in [5.74, 6) is -0.815. The van der Waals surface area contributed by atoms with Crippen molar-refractivity contribution < 1.29 is 29.0 Å². The molecule has 178 valence electrons. The highest BCUT2D eigenvalue weighted by atomic mass is 16.5. The molecule has 34 heavy (non-hydrogen) atoms. The van der Waals surface area contributed by atoms with Gasteiger partial charge < -0.3 is 24.8 Å². The average Bonchev–Trinajstić information content (AvgIpc) is 3.59. The van der Waals surface area contributed by atoms with E-state index in [0.717, 1.165) is 24.0 Å². The normalized spacial score (nSPS) is 17.9. The van der Waals surface area contributed by atoms with Crippen molar-refractivity contribution in [3.8, 4) is 11.1 Å². The number of benzene rings is 2. The highest BCUT2D eigenvalue weighted by Crippen LogP contribution is 2.44. The fourth-order valence-corrected chi connectivity index (χ4v) is 4.88. The van der Waals surface area contributed by atoms with Crippen molar-refractivity contribution in [2.75, 3.05) is 26.3 Å². The summed E-state index contributed by atoms with van der Waals surface area (Å²) in [7, 11) is 0. The van der Waals surface area contributed by atoms with Gasteiger partial charge in [0.05, 0.1) is 6.10 Å². The maximum absolute atomic E-state index is 12.7. The molecule has 2 aromatic carbocycles. The van der Waals surface area contributed by atoms with Crippen LogP contribution >= 0.6 is 0 Å². The molecule has 2 fully saturated rings. The number of hydrogen-bond donors (Lipinski definition) is 2. The minimum atomic E-state index is -1.02. The van der Waals surface area contributed by atoms with Crippen molar-refractivity contribution in [2.45, 2.75) is 37.3 Å². The fourth-order valence-electron chi connectivity index (χ4n) is 4.88. The maximum atomic E-state index is 12.7. The molecule has 0 radical (unpaired) electrons. The quantitative estimate of drug-likeness (QED) is 0.591. The molecule has 0 spiro atoms. The zero-order chi connectivity index (χ0) is 23.7. The van der Waals surface area contributed by atoms with E-state index in [-0.39, 0.29) is 49.5 Å². The molecule has 8 nitrogen and oxygen atoms in total. The van der Waals surface area contributed by atoms with E-state index < -0.39 is 12.1 Å². The molecule has 8 heteroatoms. The lowest BCUT2D eigenvalue weighted by molar-refractivity contribution is -0.154. The van der Waals surface area contributed by atoms with E-state index in [9.17, 15) is 14.4 Å². The average molecular weight is 465 g/mol. The summed E-state index contributed by atoms with van der Waals surface area (Å²) in [6, 6.07) is 16.1. The summed E-state index contributed by atoms with van der Waals surface area (Å²) in [5, 5.41) is 11.6. The van der Waals surface area contributed by atoms with Gasteiger partial charge in [0.25, 0.3) is 0 Å². The van der Waals surface area contributed by atoms with E-state index in [1.165, 1.54) is 11.1 Å². The van der Waals surface area contributed by atoms with Crippen LogP contribution in [0.25, 0.3) is 11.1 Å². The number of nitrogens with zero attached hydrogens (tertiary/aromatic N) is 1. The third-order valence-electron chi connectivity index (χ3n) is 6.88. The SMILES string of the molecule is O=C(O)COC1CN(C(=O)CC(NC(=O)OCC2c3ccccc3-c3ccccc32)C2CC2)C1. The van der Waals surface area contributed by atoms with Gasteiger partial charge in [0.15, 0.2) is 0 Å². The van der Waals surface area contributed by atoms with Gasteiger partial charge in [-0.25, -0.2) is 9.59 Å². The number of ether oxygens (including phenoxy) is 2. The van der Waals surface area contributed by atoms with Crippen LogP contribution in [0.5, 0.6) is 0 Å². The number of alkyl carbamates (subject to hydrolysis) is 1. The van der Waals surface area contributed by atoms with Gasteiger partial charge in [0.1, 0.15) is 13.2 Å². The predicted octanol–water partition coefficient (Wildman–Crippen LogP) is 3.01. The smallest absolute Gasteiger partial charge is 0.407 e. The highest BCUT2D eigenvalue weighted by molar-refractivity contribution is 5.80. The van der Waals surface area contributed by atoms with Crippen molar-refractivity contribution in [1.29, 1.82) is 0 Å². The van der Waals surface area contributed by atoms with Crippen LogP contribution in [0.4, 0.5) is 4.79 Å². The molecule has 1 unspecified atom stereocenters. The summed E-state index contributed by atoms with van der Waals surface area (Å²) in [4.78, 5) is 37.5. The van der Waals surface area contributed by atoms with Gasteiger partial charge in [-0.15, -0.1) is 0 Å². The number of fused-ring (bicyclic) bond motifs is 3. The first kappa shape index (κ1) is 22.4. The number of aliphatic carboxylic acids is 1. The molecule has 0 aromatic heterocycles. The number of rotatable bonds is 9. The first-order valence-corrected chi connectivity index (χ1v) is 11.7. The molecule has 1 atom stereocenters. The van der Waals surface area contributed by atoms with Gasteiger partial charge in [-0.2, -0.15) is 0 Å². The Bertz CT molecular complexity index is 1050. The number of carbonyl (C=O) groups is 3. The van der Waals surface area contributed by atoms with Gasteiger partial charge >= 0.3 is 12.1 Å². The molecule has 3 aliphatic rings. The molecule has 1 saturated heterocycles. The lowest BCUT2D eigenvalue weighted by atomic mass is 9.98. The fraction of sp³-hybridized carbons (Fsp3) is 0.423. The maximum Gasteiger partial charge on any atom is 0.407 e. The Morgan fingerprint density at radius 2 is 1.62 bits per heavy atom. The molecule has 1 saturated carbocycles. The van der Waals surface area contributed by atoms with Crippen LogP contribution in [0, 0.1) is 5.92 Å². The lowest BCUT2D eigenvalue weighted by Crippen LogP contribution is -2.56. The minimum Gasteiger partial charge on any atom is -0.480 e. The Morgan fingerprint density at radius 3 is 2.21 bits per heavy atom. The molecular weight excluding hydrogens is 436 g/mol. The number of likely N-dealkylation sites (tertiary alicyclic amines) is 1. The number of carboxylic acid groups (broad SMARTS) is 1. The highest BCUT2D eigenvalue weighted by Gasteiger charge is 2.38. The van der Waals surface area contributed by atoms with Crippen LogP contribution in [0.1, 0.15) is 36.3 Å². The topological polar surface area (TPSA) is 105 Å². The Morgan fingerprint density at radius 1 is 1.00 bits per heavy atom. The standard InChI is InChI=1S/C26H28N2O6/c29-24(28-12-17(13-28)33-15-25(30)31)11-23(16-9-10-16)27-26(32)34-14-22-20-7-3-1-5-18(20)19-6-2-4-8-21(19)22/h1-8,16-17,22-23H,9-15H2,(H,27,32)(H,30,31). The number of carbonyl (C=O) groups excluding carboxylic acids is 2. The molecule has 2 amide bonds. The number of amides is 2. The summed E-state index contributed by atoms with van der Waals surface area (Å²) in [6.07, 6.45) is 1.42. The molecule has 0 bridgehead atoms. The number of nitrogens with one attached hydrogen (secondary N) is 1. The second-order valence-corrected chi connectivity index (χ2v) is 9.24. The Hall–Kier alpha value is -3.39. The molecular formula is C26H28N2O6. The van der Waals surface area contributed by atoms with Crippen LogP contribution in [0.3, 0.4) is 0 Å². The van der Waals surface area contributed by atoms with Crippen molar-refractivity contribution in [3.05, 3.63) is 59.7 Å². The first-order chi connectivity index (χ1) is 16.5. The van der Waals surface area contributed by atoms with Gasteiger partial charge in [-0.05, 0) is 41.0 Å². The van der Waals surface area contributed by atoms with Crippen molar-refractivity contribution in [1.82, 2.24) is 10.2 Å². The summed E-state index contributed by atoms with van der Waals surface area (Å²) >= 11 is 0. The van der Waals surface area contributed by atoms with Crippen LogP contribution in [-0.4, -0.2) is 66.4 Å². The number of hydrogen-bond acceptors (Lipinski definition) is 5. The van der Waals surface area contributed by atoms with Crippen molar-refractivity contribution in [3.63, 3.8) is 0 Å². The molecule has 2 aromatic rings. The Balaban J connectivity index is 1.14.